The van der Waals surface area contributed by atoms with E-state index in [1.165, 1.54) is 7.11 Å². The fourth-order valence-corrected chi connectivity index (χ4v) is 4.72. The molecule has 158 valence electrons. The molecule has 4 aromatic carbocycles. The van der Waals surface area contributed by atoms with E-state index >= 15 is 0 Å². The predicted octanol–water partition coefficient (Wildman–Crippen LogP) is 4.85. The maximum absolute atomic E-state index is 13.0. The van der Waals surface area contributed by atoms with Crippen molar-refractivity contribution in [3.63, 3.8) is 0 Å². The van der Waals surface area contributed by atoms with Crippen molar-refractivity contribution in [1.29, 1.82) is 0 Å². The second-order valence-electron chi connectivity index (χ2n) is 8.08. The summed E-state index contributed by atoms with van der Waals surface area (Å²) < 4.78 is 5.11. The molecule has 0 aliphatic heterocycles. The Morgan fingerprint density at radius 3 is 2.06 bits per heavy atom. The minimum absolute atomic E-state index is 0.189. The normalized spacial score (nSPS) is 13.3. The molecule has 0 saturated carbocycles. The number of nitrogens with one attached hydrogen (secondary N) is 1. The number of hydrogen-bond acceptors (Lipinski definition) is 3. The lowest BCUT2D eigenvalue weighted by atomic mass is 9.89. The minimum Gasteiger partial charge on any atom is -0.467 e. The number of ether oxygens (including phenoxy) is 1. The van der Waals surface area contributed by atoms with E-state index in [2.05, 4.69) is 17.4 Å². The average Bonchev–Trinajstić information content (AvgIpc) is 3.16. The van der Waals surface area contributed by atoms with Crippen LogP contribution in [0.1, 0.15) is 22.6 Å². The molecule has 5 rings (SSSR count). The lowest BCUT2D eigenvalue weighted by Gasteiger charge is -2.24. The van der Waals surface area contributed by atoms with Crippen molar-refractivity contribution < 1.29 is 14.3 Å². The summed E-state index contributed by atoms with van der Waals surface area (Å²) in [5, 5.41) is 5.19. The highest BCUT2D eigenvalue weighted by atomic mass is 16.5. The fourth-order valence-electron chi connectivity index (χ4n) is 4.72. The van der Waals surface area contributed by atoms with Crippen LogP contribution in [-0.4, -0.2) is 25.0 Å². The number of amides is 1. The van der Waals surface area contributed by atoms with Crippen molar-refractivity contribution in [1.82, 2.24) is 5.32 Å². The van der Waals surface area contributed by atoms with Gasteiger partial charge in [0.25, 0.3) is 0 Å². The third kappa shape index (κ3) is 3.54. The maximum Gasteiger partial charge on any atom is 0.329 e. The number of rotatable bonds is 5. The van der Waals surface area contributed by atoms with Gasteiger partial charge in [-0.05, 0) is 38.6 Å². The van der Waals surface area contributed by atoms with E-state index in [-0.39, 0.29) is 18.2 Å². The van der Waals surface area contributed by atoms with Crippen LogP contribution in [0.4, 0.5) is 0 Å². The number of esters is 1. The first-order valence-corrected chi connectivity index (χ1v) is 10.7. The molecule has 0 spiro atoms. The van der Waals surface area contributed by atoms with Crippen LogP contribution in [0, 0.1) is 0 Å². The summed E-state index contributed by atoms with van der Waals surface area (Å²) in [6.07, 6.45) is 0.189. The molecule has 0 heterocycles. The molecule has 4 heteroatoms. The van der Waals surface area contributed by atoms with Gasteiger partial charge in [0.05, 0.1) is 13.5 Å². The van der Waals surface area contributed by atoms with Crippen molar-refractivity contribution in [3.05, 3.63) is 108 Å². The molecular weight excluding hydrogens is 398 g/mol. The number of benzene rings is 4. The van der Waals surface area contributed by atoms with Crippen LogP contribution >= 0.6 is 0 Å². The first-order chi connectivity index (χ1) is 15.7. The smallest absolute Gasteiger partial charge is 0.329 e. The van der Waals surface area contributed by atoms with E-state index < -0.39 is 12.0 Å². The Kier molecular flexibility index (Phi) is 5.20. The molecule has 1 atom stereocenters. The molecule has 0 bridgehead atoms. The van der Waals surface area contributed by atoms with Gasteiger partial charge in [-0.2, -0.15) is 0 Å². The summed E-state index contributed by atoms with van der Waals surface area (Å²) in [7, 11) is 1.36. The van der Waals surface area contributed by atoms with Gasteiger partial charge in [-0.15, -0.1) is 0 Å². The molecule has 4 nitrogen and oxygen atoms in total. The Bertz CT molecular complexity index is 1280. The molecular formula is C28H23NO3. The lowest BCUT2D eigenvalue weighted by molar-refractivity contribution is -0.145. The fraction of sp³-hybridized carbons (Fsp3) is 0.143. The molecule has 4 aromatic rings. The second kappa shape index (κ2) is 8.31. The third-order valence-electron chi connectivity index (χ3n) is 6.17. The lowest BCUT2D eigenvalue weighted by Crippen LogP contribution is -2.46. The summed E-state index contributed by atoms with van der Waals surface area (Å²) >= 11 is 0. The Hall–Kier alpha value is -3.92. The van der Waals surface area contributed by atoms with Crippen molar-refractivity contribution in [2.75, 3.05) is 7.11 Å². The summed E-state index contributed by atoms with van der Waals surface area (Å²) in [6.45, 7) is 0. The van der Waals surface area contributed by atoms with Crippen LogP contribution < -0.4 is 5.32 Å². The number of carbonyl (C=O) groups excluding carboxylic acids is 2. The van der Waals surface area contributed by atoms with Gasteiger partial charge in [-0.1, -0.05) is 91.0 Å². The summed E-state index contributed by atoms with van der Waals surface area (Å²) in [4.78, 5) is 25.9. The van der Waals surface area contributed by atoms with E-state index in [0.29, 0.717) is 0 Å². The van der Waals surface area contributed by atoms with Crippen molar-refractivity contribution in [2.45, 2.75) is 18.4 Å². The molecule has 0 fully saturated rings. The molecule has 0 unspecified atom stereocenters. The van der Waals surface area contributed by atoms with Crippen LogP contribution in [0.2, 0.25) is 0 Å². The number of methoxy groups -OCH3 is 1. The Morgan fingerprint density at radius 1 is 0.812 bits per heavy atom. The van der Waals surface area contributed by atoms with Crippen LogP contribution in [0.3, 0.4) is 0 Å². The third-order valence-corrected chi connectivity index (χ3v) is 6.17. The Labute approximate surface area is 186 Å². The van der Waals surface area contributed by atoms with E-state index in [4.69, 9.17) is 4.74 Å². The van der Waals surface area contributed by atoms with Crippen LogP contribution in [0.5, 0.6) is 0 Å². The predicted molar refractivity (Wildman–Crippen MR) is 125 cm³/mol. The zero-order valence-electron chi connectivity index (χ0n) is 17.7. The molecule has 1 aliphatic rings. The van der Waals surface area contributed by atoms with E-state index in [9.17, 15) is 9.59 Å². The van der Waals surface area contributed by atoms with Gasteiger partial charge in [0, 0.05) is 5.92 Å². The van der Waals surface area contributed by atoms with Crippen molar-refractivity contribution >= 4 is 22.6 Å². The van der Waals surface area contributed by atoms with Gasteiger partial charge in [0.2, 0.25) is 5.91 Å². The molecule has 32 heavy (non-hydrogen) atoms. The number of hydrogen-bond donors (Lipinski definition) is 1. The van der Waals surface area contributed by atoms with Gasteiger partial charge in [0.15, 0.2) is 0 Å². The molecule has 0 saturated heterocycles. The van der Waals surface area contributed by atoms with Gasteiger partial charge in [-0.25, -0.2) is 4.79 Å². The van der Waals surface area contributed by atoms with Crippen molar-refractivity contribution in [2.24, 2.45) is 0 Å². The van der Waals surface area contributed by atoms with Crippen LogP contribution in [-0.2, 0) is 20.7 Å². The topological polar surface area (TPSA) is 55.4 Å². The van der Waals surface area contributed by atoms with E-state index in [1.807, 2.05) is 78.9 Å². The van der Waals surface area contributed by atoms with E-state index in [0.717, 1.165) is 38.6 Å². The highest BCUT2D eigenvalue weighted by molar-refractivity contribution is 5.91. The molecule has 0 radical (unpaired) electrons. The van der Waals surface area contributed by atoms with Crippen LogP contribution in [0.15, 0.2) is 91.0 Å². The Balaban J connectivity index is 1.45. The standard InChI is InChI=1S/C28H23NO3/c1-32-28(31)27(26-23-12-6-4-10-21(23)22-11-5-7-13-24(22)26)29-25(30)17-18-14-15-19-8-2-3-9-20(19)16-18/h2-16,26-27H,17H2,1H3,(H,29,30)/t27-/m1/s1. The van der Waals surface area contributed by atoms with Gasteiger partial charge in [0.1, 0.15) is 6.04 Å². The largest absolute Gasteiger partial charge is 0.467 e. The SMILES string of the molecule is COC(=O)[C@H](NC(=O)Cc1ccc2ccccc2c1)C1c2ccccc2-c2ccccc21. The van der Waals surface area contributed by atoms with E-state index in [1.54, 1.807) is 0 Å². The highest BCUT2D eigenvalue weighted by Crippen LogP contribution is 2.46. The monoisotopic (exact) mass is 421 g/mol. The summed E-state index contributed by atoms with van der Waals surface area (Å²) in [5.41, 5.74) is 5.12. The zero-order valence-corrected chi connectivity index (χ0v) is 17.7. The van der Waals surface area contributed by atoms with Gasteiger partial charge < -0.3 is 10.1 Å². The first kappa shape index (κ1) is 20.0. The first-order valence-electron chi connectivity index (χ1n) is 10.7. The molecule has 1 aliphatic carbocycles. The zero-order chi connectivity index (χ0) is 22.1. The number of fused-ring (bicyclic) bond motifs is 4. The Morgan fingerprint density at radius 2 is 1.41 bits per heavy atom. The second-order valence-corrected chi connectivity index (χ2v) is 8.08. The quantitative estimate of drug-likeness (QED) is 0.469. The van der Waals surface area contributed by atoms with Gasteiger partial charge in [-0.3, -0.25) is 4.79 Å². The number of carbonyl (C=O) groups is 2. The maximum atomic E-state index is 13.0. The van der Waals surface area contributed by atoms with Gasteiger partial charge >= 0.3 is 5.97 Å². The van der Waals surface area contributed by atoms with Crippen LogP contribution in [0.25, 0.3) is 21.9 Å². The van der Waals surface area contributed by atoms with Crippen molar-refractivity contribution in [3.8, 4) is 11.1 Å². The highest BCUT2D eigenvalue weighted by Gasteiger charge is 2.39. The summed E-state index contributed by atoms with van der Waals surface area (Å²) in [5.74, 6) is -0.957. The molecule has 1 N–H and O–H groups in total. The summed E-state index contributed by atoms with van der Waals surface area (Å²) in [6, 6.07) is 29.3. The molecule has 1 amide bonds. The minimum atomic E-state index is -0.808. The average molecular weight is 421 g/mol. The molecule has 0 aromatic heterocycles.